The smallest absolute Gasteiger partial charge is 0.358 e. The van der Waals surface area contributed by atoms with Gasteiger partial charge in [-0.05, 0) is 53.7 Å². The molecule has 8 heteroatoms. The second-order valence-corrected chi connectivity index (χ2v) is 8.15. The summed E-state index contributed by atoms with van der Waals surface area (Å²) in [5.41, 5.74) is 9.36. The van der Waals surface area contributed by atoms with Gasteiger partial charge in [0.05, 0.1) is 5.39 Å². The molecular weight excluding hydrogens is 353 g/mol. The van der Waals surface area contributed by atoms with Crippen LogP contribution in [0.15, 0.2) is 12.1 Å². The van der Waals surface area contributed by atoms with Gasteiger partial charge in [0.25, 0.3) is 0 Å². The fraction of sp³-hybridized carbons (Fsp3) is 0.421. The second kappa shape index (κ2) is 6.68. The maximum absolute atomic E-state index is 14.4. The number of esters is 2. The van der Waals surface area contributed by atoms with Crippen LogP contribution in [-0.2, 0) is 9.47 Å². The normalized spacial score (nSPS) is 12.1. The average Bonchev–Trinajstić information content (AvgIpc) is 2.41. The second-order valence-electron chi connectivity index (χ2n) is 8.15. The fourth-order valence-electron chi connectivity index (χ4n) is 2.45. The lowest BCUT2D eigenvalue weighted by Gasteiger charge is -2.23. The molecule has 0 aliphatic carbocycles. The molecule has 7 nitrogen and oxygen atoms in total. The minimum atomic E-state index is -0.875. The van der Waals surface area contributed by atoms with E-state index in [9.17, 15) is 14.0 Å². The Morgan fingerprint density at radius 1 is 0.963 bits per heavy atom. The number of hydrogen-bond donors (Lipinski definition) is 2. The number of rotatable bonds is 2. The molecule has 0 amide bonds. The molecule has 1 aromatic carbocycles. The Hall–Kier alpha value is -2.90. The number of benzene rings is 1. The zero-order valence-electron chi connectivity index (χ0n) is 16.3. The molecule has 1 heterocycles. The molecule has 0 radical (unpaired) electrons. The summed E-state index contributed by atoms with van der Waals surface area (Å²) >= 11 is 0. The number of pyridine rings is 1. The predicted octanol–water partition coefficient (Wildman–Crippen LogP) is 3.45. The van der Waals surface area contributed by atoms with Crippen molar-refractivity contribution < 1.29 is 23.5 Å². The molecule has 0 unspecified atom stereocenters. The molecule has 0 aliphatic heterocycles. The number of halogens is 1. The van der Waals surface area contributed by atoms with Crippen LogP contribution in [0.1, 0.15) is 62.4 Å². The van der Waals surface area contributed by atoms with Crippen LogP contribution in [0, 0.1) is 5.82 Å². The van der Waals surface area contributed by atoms with Gasteiger partial charge in [-0.1, -0.05) is 0 Å². The molecule has 0 aliphatic rings. The average molecular weight is 377 g/mol. The largest absolute Gasteiger partial charge is 0.456 e. The number of hydrogen-bond acceptors (Lipinski definition) is 7. The molecule has 0 fully saturated rings. The van der Waals surface area contributed by atoms with E-state index >= 15 is 0 Å². The first-order valence-electron chi connectivity index (χ1n) is 8.34. The van der Waals surface area contributed by atoms with E-state index in [4.69, 9.17) is 20.9 Å². The van der Waals surface area contributed by atoms with Crippen molar-refractivity contribution in [1.82, 2.24) is 4.98 Å². The van der Waals surface area contributed by atoms with Crippen molar-refractivity contribution >= 4 is 34.2 Å². The Labute approximate surface area is 156 Å². The fourth-order valence-corrected chi connectivity index (χ4v) is 2.45. The number of fused-ring (bicyclic) bond motifs is 1. The van der Waals surface area contributed by atoms with E-state index in [2.05, 4.69) is 4.98 Å². The molecule has 2 rings (SSSR count). The SMILES string of the molecule is CC(C)(C)OC(=O)c1nc(N)c2c(F)cc(N)cc2c1C(=O)OC(C)(C)C. The quantitative estimate of drug-likeness (QED) is 0.608. The minimum Gasteiger partial charge on any atom is -0.456 e. The lowest BCUT2D eigenvalue weighted by atomic mass is 10.0. The standard InChI is InChI=1S/C19H24FN3O4/c1-18(2,3)26-16(24)13-10-7-9(21)8-11(20)12(10)15(22)23-14(13)17(25)27-19(4,5)6/h7-8H,21H2,1-6H3,(H2,22,23). The van der Waals surface area contributed by atoms with Crippen molar-refractivity contribution in [1.29, 1.82) is 0 Å². The number of nitrogens with zero attached hydrogens (tertiary/aromatic N) is 1. The molecule has 0 atom stereocenters. The van der Waals surface area contributed by atoms with Crippen molar-refractivity contribution in [3.8, 4) is 0 Å². The van der Waals surface area contributed by atoms with E-state index in [-0.39, 0.29) is 33.5 Å². The van der Waals surface area contributed by atoms with Crippen molar-refractivity contribution in [2.75, 3.05) is 11.5 Å². The van der Waals surface area contributed by atoms with Gasteiger partial charge in [0.1, 0.15) is 28.4 Å². The van der Waals surface area contributed by atoms with Gasteiger partial charge in [0.2, 0.25) is 0 Å². The highest BCUT2D eigenvalue weighted by Gasteiger charge is 2.31. The van der Waals surface area contributed by atoms with Crippen LogP contribution in [-0.4, -0.2) is 28.1 Å². The number of nitrogen functional groups attached to an aromatic ring is 2. The van der Waals surface area contributed by atoms with Gasteiger partial charge in [-0.3, -0.25) is 0 Å². The zero-order valence-corrected chi connectivity index (χ0v) is 16.3. The monoisotopic (exact) mass is 377 g/mol. The molecule has 0 saturated heterocycles. The Morgan fingerprint density at radius 2 is 1.48 bits per heavy atom. The summed E-state index contributed by atoms with van der Waals surface area (Å²) in [6.45, 7) is 10.0. The van der Waals surface area contributed by atoms with E-state index in [0.29, 0.717) is 0 Å². The van der Waals surface area contributed by atoms with E-state index in [1.807, 2.05) is 0 Å². The molecule has 146 valence electrons. The van der Waals surface area contributed by atoms with Crippen molar-refractivity contribution in [2.45, 2.75) is 52.7 Å². The van der Waals surface area contributed by atoms with Gasteiger partial charge < -0.3 is 20.9 Å². The number of aromatic nitrogens is 1. The number of carbonyl (C=O) groups is 2. The van der Waals surface area contributed by atoms with E-state index < -0.39 is 29.0 Å². The number of nitrogens with two attached hydrogens (primary N) is 2. The van der Waals surface area contributed by atoms with Gasteiger partial charge in [-0.2, -0.15) is 0 Å². The van der Waals surface area contributed by atoms with Crippen LogP contribution < -0.4 is 11.5 Å². The lowest BCUT2D eigenvalue weighted by molar-refractivity contribution is 0.00154. The molecule has 2 aromatic rings. The van der Waals surface area contributed by atoms with Crippen molar-refractivity contribution in [3.05, 3.63) is 29.2 Å². The maximum Gasteiger partial charge on any atom is 0.358 e. The number of anilines is 2. The van der Waals surface area contributed by atoms with E-state index in [1.165, 1.54) is 6.07 Å². The van der Waals surface area contributed by atoms with E-state index in [0.717, 1.165) is 6.07 Å². The highest BCUT2D eigenvalue weighted by molar-refractivity contribution is 6.14. The summed E-state index contributed by atoms with van der Waals surface area (Å²) in [5.74, 6) is -2.74. The molecule has 1 aromatic heterocycles. The zero-order chi connectivity index (χ0) is 20.7. The van der Waals surface area contributed by atoms with Crippen molar-refractivity contribution in [2.24, 2.45) is 0 Å². The molecule has 0 bridgehead atoms. The minimum absolute atomic E-state index is 0.0371. The van der Waals surface area contributed by atoms with Crippen LogP contribution >= 0.6 is 0 Å². The topological polar surface area (TPSA) is 118 Å². The van der Waals surface area contributed by atoms with Gasteiger partial charge in [-0.15, -0.1) is 0 Å². The first-order valence-corrected chi connectivity index (χ1v) is 8.34. The third-order valence-electron chi connectivity index (χ3n) is 3.30. The van der Waals surface area contributed by atoms with Crippen molar-refractivity contribution in [3.63, 3.8) is 0 Å². The first-order chi connectivity index (χ1) is 12.2. The van der Waals surface area contributed by atoms with Gasteiger partial charge >= 0.3 is 11.9 Å². The molecule has 0 spiro atoms. The Morgan fingerprint density at radius 3 is 2.00 bits per heavy atom. The highest BCUT2D eigenvalue weighted by Crippen LogP contribution is 2.32. The predicted molar refractivity (Wildman–Crippen MR) is 101 cm³/mol. The van der Waals surface area contributed by atoms with Crippen LogP contribution in [0.4, 0.5) is 15.9 Å². The molecule has 27 heavy (non-hydrogen) atoms. The molecular formula is C19H24FN3O4. The van der Waals surface area contributed by atoms with Gasteiger partial charge in [0, 0.05) is 11.1 Å². The van der Waals surface area contributed by atoms with Crippen LogP contribution in [0.3, 0.4) is 0 Å². The third kappa shape index (κ3) is 4.64. The lowest BCUT2D eigenvalue weighted by Crippen LogP contribution is -2.29. The maximum atomic E-state index is 14.4. The van der Waals surface area contributed by atoms with Gasteiger partial charge in [0.15, 0.2) is 5.69 Å². The van der Waals surface area contributed by atoms with Gasteiger partial charge in [-0.25, -0.2) is 19.0 Å². The van der Waals surface area contributed by atoms with Crippen LogP contribution in [0.2, 0.25) is 0 Å². The molecule has 4 N–H and O–H groups in total. The summed E-state index contributed by atoms with van der Waals surface area (Å²) in [4.78, 5) is 29.4. The number of carbonyl (C=O) groups excluding carboxylic acids is 2. The summed E-state index contributed by atoms with van der Waals surface area (Å²) in [7, 11) is 0. The third-order valence-corrected chi connectivity index (χ3v) is 3.30. The Bertz CT molecular complexity index is 927. The summed E-state index contributed by atoms with van der Waals surface area (Å²) in [6, 6.07) is 2.41. The number of ether oxygens (including phenoxy) is 2. The van der Waals surface area contributed by atoms with E-state index in [1.54, 1.807) is 41.5 Å². The molecule has 0 saturated carbocycles. The summed E-state index contributed by atoms with van der Waals surface area (Å²) in [5, 5.41) is -0.0764. The first kappa shape index (κ1) is 20.4. The van der Waals surface area contributed by atoms with Crippen LogP contribution in [0.25, 0.3) is 10.8 Å². The Balaban J connectivity index is 2.83. The Kier molecular flexibility index (Phi) is 5.05. The van der Waals surface area contributed by atoms with Crippen LogP contribution in [0.5, 0.6) is 0 Å². The summed E-state index contributed by atoms with van der Waals surface area (Å²) < 4.78 is 25.1. The summed E-state index contributed by atoms with van der Waals surface area (Å²) in [6.07, 6.45) is 0. The highest BCUT2D eigenvalue weighted by atomic mass is 19.1.